The molecule has 214 valence electrons. The van der Waals surface area contributed by atoms with Crippen LogP contribution in [0, 0.1) is 0 Å². The van der Waals surface area contributed by atoms with Crippen LogP contribution in [0.1, 0.15) is 58.1 Å². The van der Waals surface area contributed by atoms with Crippen LogP contribution < -0.4 is 15.8 Å². The molecule has 0 aliphatic carbocycles. The highest BCUT2D eigenvalue weighted by atomic mass is 16.5. The van der Waals surface area contributed by atoms with Gasteiger partial charge in [0.25, 0.3) is 0 Å². The van der Waals surface area contributed by atoms with E-state index in [9.17, 15) is 0 Å². The number of fused-ring (bicyclic) bond motifs is 3. The SMILES string of the molecule is CCCCNc1nc(N)nc2c3ccccc3n(Cc3cc(C4=CCCN(C(C)C)C4)ccc3OC)c12.CCO. The Labute approximate surface area is 237 Å². The third kappa shape index (κ3) is 6.40. The molecule has 8 nitrogen and oxygen atoms in total. The summed E-state index contributed by atoms with van der Waals surface area (Å²) in [6.45, 7) is 12.2. The first-order valence-corrected chi connectivity index (χ1v) is 14.4. The van der Waals surface area contributed by atoms with Crippen LogP contribution >= 0.6 is 0 Å². The lowest BCUT2D eigenvalue weighted by Crippen LogP contribution is -2.35. The Kier molecular flexibility index (Phi) is 10.0. The molecule has 0 amide bonds. The maximum Gasteiger partial charge on any atom is 0.222 e. The van der Waals surface area contributed by atoms with Gasteiger partial charge in [-0.3, -0.25) is 4.90 Å². The van der Waals surface area contributed by atoms with Gasteiger partial charge >= 0.3 is 0 Å². The summed E-state index contributed by atoms with van der Waals surface area (Å²) >= 11 is 0. The summed E-state index contributed by atoms with van der Waals surface area (Å²) in [5, 5.41) is 12.2. The molecule has 0 unspecified atom stereocenters. The van der Waals surface area contributed by atoms with Crippen molar-refractivity contribution in [3.05, 3.63) is 59.7 Å². The largest absolute Gasteiger partial charge is 0.496 e. The van der Waals surface area contributed by atoms with Crippen molar-refractivity contribution in [1.82, 2.24) is 19.4 Å². The van der Waals surface area contributed by atoms with Crippen molar-refractivity contribution in [3.63, 3.8) is 0 Å². The quantitative estimate of drug-likeness (QED) is 0.224. The lowest BCUT2D eigenvalue weighted by atomic mass is 9.98. The lowest BCUT2D eigenvalue weighted by molar-refractivity contribution is 0.248. The number of para-hydroxylation sites is 1. The molecular weight excluding hydrogens is 500 g/mol. The number of aliphatic hydroxyl groups excluding tert-OH is 1. The van der Waals surface area contributed by atoms with Crippen LogP contribution in [0.4, 0.5) is 11.8 Å². The second-order valence-corrected chi connectivity index (χ2v) is 10.4. The molecule has 4 N–H and O–H groups in total. The van der Waals surface area contributed by atoms with Gasteiger partial charge in [0.15, 0.2) is 5.82 Å². The van der Waals surface area contributed by atoms with Crippen LogP contribution in [0.25, 0.3) is 27.5 Å². The maximum atomic E-state index is 7.57. The lowest BCUT2D eigenvalue weighted by Gasteiger charge is -2.31. The van der Waals surface area contributed by atoms with Gasteiger partial charge in [-0.1, -0.05) is 43.7 Å². The van der Waals surface area contributed by atoms with E-state index < -0.39 is 0 Å². The Hall–Kier alpha value is -3.62. The van der Waals surface area contributed by atoms with E-state index in [1.165, 1.54) is 11.1 Å². The topological polar surface area (TPSA) is 101 Å². The van der Waals surface area contributed by atoms with E-state index in [1.807, 2.05) is 6.07 Å². The number of hydrogen-bond acceptors (Lipinski definition) is 7. The van der Waals surface area contributed by atoms with Crippen molar-refractivity contribution in [1.29, 1.82) is 0 Å². The van der Waals surface area contributed by atoms with E-state index in [2.05, 4.69) is 88.0 Å². The third-order valence-electron chi connectivity index (χ3n) is 7.33. The van der Waals surface area contributed by atoms with E-state index in [4.69, 9.17) is 15.6 Å². The first-order valence-electron chi connectivity index (χ1n) is 14.4. The molecule has 2 aromatic carbocycles. The highest BCUT2D eigenvalue weighted by Gasteiger charge is 2.21. The van der Waals surface area contributed by atoms with E-state index in [1.54, 1.807) is 14.0 Å². The number of nitrogen functional groups attached to an aromatic ring is 1. The van der Waals surface area contributed by atoms with Crippen molar-refractivity contribution in [3.8, 4) is 5.75 Å². The molecule has 3 heterocycles. The number of rotatable bonds is 9. The molecule has 5 rings (SSSR count). The van der Waals surface area contributed by atoms with Gasteiger partial charge in [0.2, 0.25) is 5.95 Å². The third-order valence-corrected chi connectivity index (χ3v) is 7.33. The van der Waals surface area contributed by atoms with Gasteiger partial charge in [-0.05, 0) is 62.9 Å². The average Bonchev–Trinajstić information content (AvgIpc) is 3.27. The van der Waals surface area contributed by atoms with Crippen molar-refractivity contribution in [2.75, 3.05) is 44.4 Å². The second kappa shape index (κ2) is 13.6. The fourth-order valence-corrected chi connectivity index (χ4v) is 5.31. The number of aromatic nitrogens is 3. The van der Waals surface area contributed by atoms with Crippen molar-refractivity contribution in [2.45, 2.75) is 59.5 Å². The van der Waals surface area contributed by atoms with Gasteiger partial charge in [-0.2, -0.15) is 4.98 Å². The Balaban J connectivity index is 0.00000118. The molecule has 2 aromatic heterocycles. The van der Waals surface area contributed by atoms with E-state index in [0.29, 0.717) is 12.6 Å². The van der Waals surface area contributed by atoms with Crippen molar-refractivity contribution in [2.24, 2.45) is 0 Å². The molecule has 0 spiro atoms. The number of benzene rings is 2. The molecule has 0 saturated carbocycles. The summed E-state index contributed by atoms with van der Waals surface area (Å²) in [5.41, 5.74) is 12.9. The summed E-state index contributed by atoms with van der Waals surface area (Å²) in [4.78, 5) is 11.8. The van der Waals surface area contributed by atoms with Crippen LogP contribution in [-0.2, 0) is 6.54 Å². The molecule has 0 bridgehead atoms. The molecule has 0 saturated heterocycles. The summed E-state index contributed by atoms with van der Waals surface area (Å²) in [7, 11) is 1.74. The van der Waals surface area contributed by atoms with Crippen LogP contribution in [-0.4, -0.2) is 63.9 Å². The summed E-state index contributed by atoms with van der Waals surface area (Å²) in [6.07, 6.45) is 5.63. The normalized spacial score (nSPS) is 13.8. The molecule has 0 fully saturated rings. The monoisotopic (exact) mass is 544 g/mol. The van der Waals surface area contributed by atoms with Crippen LogP contribution in [0.15, 0.2) is 48.5 Å². The van der Waals surface area contributed by atoms with Gasteiger partial charge < -0.3 is 25.5 Å². The number of ether oxygens (including phenoxy) is 1. The van der Waals surface area contributed by atoms with Gasteiger partial charge in [0, 0.05) is 43.2 Å². The highest BCUT2D eigenvalue weighted by molar-refractivity contribution is 6.09. The first-order chi connectivity index (χ1) is 19.4. The maximum absolute atomic E-state index is 7.57. The minimum Gasteiger partial charge on any atom is -0.496 e. The van der Waals surface area contributed by atoms with Gasteiger partial charge in [-0.15, -0.1) is 0 Å². The summed E-state index contributed by atoms with van der Waals surface area (Å²) < 4.78 is 8.14. The fraction of sp³-hybridized carbons (Fsp3) is 0.438. The number of nitrogens with two attached hydrogens (primary N) is 1. The molecule has 4 aromatic rings. The Morgan fingerprint density at radius 2 is 1.90 bits per heavy atom. The molecule has 1 aliphatic heterocycles. The Bertz CT molecular complexity index is 1460. The number of aliphatic hydroxyl groups is 1. The zero-order valence-electron chi connectivity index (χ0n) is 24.6. The predicted octanol–water partition coefficient (Wildman–Crippen LogP) is 5.93. The van der Waals surface area contributed by atoms with Gasteiger partial charge in [0.1, 0.15) is 16.8 Å². The average molecular weight is 545 g/mol. The molecular formula is C32H44N6O2. The van der Waals surface area contributed by atoms with E-state index in [-0.39, 0.29) is 12.6 Å². The Morgan fingerprint density at radius 3 is 2.62 bits per heavy atom. The van der Waals surface area contributed by atoms with Crippen molar-refractivity contribution >= 4 is 39.3 Å². The molecule has 0 atom stereocenters. The van der Waals surface area contributed by atoms with Crippen LogP contribution in [0.2, 0.25) is 0 Å². The minimum absolute atomic E-state index is 0.250. The second-order valence-electron chi connectivity index (χ2n) is 10.4. The number of nitrogens with one attached hydrogen (secondary N) is 1. The number of hydrogen-bond donors (Lipinski definition) is 3. The first kappa shape index (κ1) is 29.4. The van der Waals surface area contributed by atoms with Crippen LogP contribution in [0.3, 0.4) is 0 Å². The van der Waals surface area contributed by atoms with E-state index >= 15 is 0 Å². The number of unbranched alkanes of at least 4 members (excludes halogenated alkanes) is 1. The van der Waals surface area contributed by atoms with Crippen molar-refractivity contribution < 1.29 is 9.84 Å². The number of methoxy groups -OCH3 is 1. The molecule has 8 heteroatoms. The smallest absolute Gasteiger partial charge is 0.222 e. The predicted molar refractivity (Wildman–Crippen MR) is 167 cm³/mol. The van der Waals surface area contributed by atoms with E-state index in [0.717, 1.165) is 78.0 Å². The zero-order chi connectivity index (χ0) is 28.6. The fourth-order valence-electron chi connectivity index (χ4n) is 5.31. The van der Waals surface area contributed by atoms with Gasteiger partial charge in [0.05, 0.1) is 19.2 Å². The van der Waals surface area contributed by atoms with Crippen LogP contribution in [0.5, 0.6) is 5.75 Å². The standard InChI is InChI=1S/C30H38N6O.C2H6O/c1-5-6-15-32-29-28-27(33-30(31)34-29)24-11-7-8-12-25(24)36(28)19-23-17-21(13-14-26(23)37-4)22-10-9-16-35(18-22)20(2)3;1-2-3/h7-8,10-14,17,20H,5-6,9,15-16,18-19H2,1-4H3,(H3,31,32,33,34);3H,2H2,1H3. The molecule has 40 heavy (non-hydrogen) atoms. The summed E-state index contributed by atoms with van der Waals surface area (Å²) in [5.74, 6) is 1.95. The molecule has 1 aliphatic rings. The molecule has 0 radical (unpaired) electrons. The summed E-state index contributed by atoms with van der Waals surface area (Å²) in [6, 6.07) is 15.5. The zero-order valence-corrected chi connectivity index (χ0v) is 24.6. The Morgan fingerprint density at radius 1 is 1.12 bits per heavy atom. The highest BCUT2D eigenvalue weighted by Crippen LogP contribution is 2.35. The van der Waals surface area contributed by atoms with Gasteiger partial charge in [-0.25, -0.2) is 4.98 Å². The minimum atomic E-state index is 0.250. The number of anilines is 2. The number of nitrogens with zero attached hydrogens (tertiary/aromatic N) is 4.